The van der Waals surface area contributed by atoms with Gasteiger partial charge in [0, 0.05) is 12.2 Å². The molecule has 2 unspecified atom stereocenters. The van der Waals surface area contributed by atoms with E-state index in [4.69, 9.17) is 21.1 Å². The summed E-state index contributed by atoms with van der Waals surface area (Å²) in [5.41, 5.74) is 0.312. The number of allylic oxidation sites excluding steroid dienone is 1. The molecule has 0 radical (unpaired) electrons. The Kier molecular flexibility index (Phi) is 5.82. The molecule has 0 aromatic rings. The number of halogens is 1. The fourth-order valence-electron chi connectivity index (χ4n) is 1.69. The molecule has 2 atom stereocenters. The number of ether oxygens (including phenoxy) is 2. The van der Waals surface area contributed by atoms with Gasteiger partial charge in [-0.15, -0.1) is 11.6 Å². The molecule has 1 aliphatic carbocycles. The van der Waals surface area contributed by atoms with Gasteiger partial charge in [-0.2, -0.15) is 0 Å². The standard InChI is InChI=1S/C13H19ClO4/c1-4-6-17-12-8(3)10(15)13(18-7-5-2)9(14)11(12)16/h9,13H,4-7H2,1-3H3. The van der Waals surface area contributed by atoms with Gasteiger partial charge in [-0.05, 0) is 19.8 Å². The molecule has 1 rings (SSSR count). The second-order valence-electron chi connectivity index (χ2n) is 4.22. The zero-order valence-corrected chi connectivity index (χ0v) is 11.8. The SMILES string of the molecule is CCCOC1=C(C)C(=O)C(OCCC)C(Cl)C1=O. The number of Topliss-reactive ketones (excluding diaryl/α,β-unsaturated/α-hetero) is 2. The van der Waals surface area contributed by atoms with Crippen molar-refractivity contribution in [2.75, 3.05) is 13.2 Å². The Morgan fingerprint density at radius 1 is 1.11 bits per heavy atom. The van der Waals surface area contributed by atoms with Gasteiger partial charge in [-0.3, -0.25) is 9.59 Å². The molecule has 0 N–H and O–H groups in total. The molecule has 0 spiro atoms. The Bertz CT molecular complexity index is 362. The summed E-state index contributed by atoms with van der Waals surface area (Å²) in [5, 5.41) is -0.986. The monoisotopic (exact) mass is 274 g/mol. The minimum atomic E-state index is -0.986. The molecule has 18 heavy (non-hydrogen) atoms. The zero-order valence-electron chi connectivity index (χ0n) is 11.0. The molecular formula is C13H19ClO4. The number of hydrogen-bond acceptors (Lipinski definition) is 4. The maximum absolute atomic E-state index is 12.1. The van der Waals surface area contributed by atoms with Crippen LogP contribution in [-0.2, 0) is 19.1 Å². The summed E-state index contributed by atoms with van der Waals surface area (Å²) in [6, 6.07) is 0. The molecule has 0 aromatic heterocycles. The van der Waals surface area contributed by atoms with Gasteiger partial charge < -0.3 is 9.47 Å². The van der Waals surface area contributed by atoms with Crippen molar-refractivity contribution in [1.29, 1.82) is 0 Å². The number of alkyl halides is 1. The Balaban J connectivity index is 2.91. The van der Waals surface area contributed by atoms with Crippen LogP contribution in [0.25, 0.3) is 0 Å². The molecule has 102 valence electrons. The molecule has 0 saturated carbocycles. The fourth-order valence-corrected chi connectivity index (χ4v) is 1.98. The second kappa shape index (κ2) is 6.90. The van der Waals surface area contributed by atoms with Crippen LogP contribution in [-0.4, -0.2) is 36.3 Å². The first-order chi connectivity index (χ1) is 8.54. The predicted octanol–water partition coefficient (Wildman–Crippen LogP) is 2.24. The summed E-state index contributed by atoms with van der Waals surface area (Å²) in [7, 11) is 0. The van der Waals surface area contributed by atoms with Crippen molar-refractivity contribution in [3.8, 4) is 0 Å². The van der Waals surface area contributed by atoms with E-state index in [2.05, 4.69) is 0 Å². The molecule has 0 bridgehead atoms. The Morgan fingerprint density at radius 3 is 2.28 bits per heavy atom. The van der Waals surface area contributed by atoms with Crippen molar-refractivity contribution >= 4 is 23.2 Å². The Hall–Kier alpha value is -0.870. The molecule has 1 aliphatic rings. The van der Waals surface area contributed by atoms with Crippen molar-refractivity contribution in [2.45, 2.75) is 45.1 Å². The molecule has 4 nitrogen and oxygen atoms in total. The van der Waals surface area contributed by atoms with Crippen LogP contribution in [0.5, 0.6) is 0 Å². The number of carbonyl (C=O) groups excluding carboxylic acids is 2. The molecule has 0 aliphatic heterocycles. The smallest absolute Gasteiger partial charge is 0.218 e. The van der Waals surface area contributed by atoms with Crippen LogP contribution in [0.2, 0.25) is 0 Å². The van der Waals surface area contributed by atoms with Gasteiger partial charge in [0.1, 0.15) is 11.5 Å². The van der Waals surface area contributed by atoms with E-state index in [1.807, 2.05) is 13.8 Å². The number of hydrogen-bond donors (Lipinski definition) is 0. The van der Waals surface area contributed by atoms with Crippen molar-refractivity contribution in [3.05, 3.63) is 11.3 Å². The lowest BCUT2D eigenvalue weighted by Crippen LogP contribution is -2.44. The van der Waals surface area contributed by atoms with E-state index in [9.17, 15) is 9.59 Å². The highest BCUT2D eigenvalue weighted by Crippen LogP contribution is 2.26. The van der Waals surface area contributed by atoms with Crippen LogP contribution in [0, 0.1) is 0 Å². The van der Waals surface area contributed by atoms with Gasteiger partial charge in [0.15, 0.2) is 11.5 Å². The van der Waals surface area contributed by atoms with E-state index in [0.29, 0.717) is 18.8 Å². The van der Waals surface area contributed by atoms with Gasteiger partial charge >= 0.3 is 0 Å². The lowest BCUT2D eigenvalue weighted by atomic mass is 9.93. The number of carbonyl (C=O) groups is 2. The molecule has 5 heteroatoms. The first-order valence-electron chi connectivity index (χ1n) is 6.22. The molecule has 0 saturated heterocycles. The van der Waals surface area contributed by atoms with Crippen molar-refractivity contribution in [2.24, 2.45) is 0 Å². The summed E-state index contributed by atoms with van der Waals surface area (Å²) >= 11 is 5.99. The third-order valence-corrected chi connectivity index (χ3v) is 3.09. The summed E-state index contributed by atoms with van der Waals surface area (Å²) in [6.45, 7) is 6.24. The van der Waals surface area contributed by atoms with Gasteiger partial charge in [-0.1, -0.05) is 13.8 Å². The van der Waals surface area contributed by atoms with Gasteiger partial charge in [0.2, 0.25) is 5.78 Å². The van der Waals surface area contributed by atoms with Crippen molar-refractivity contribution < 1.29 is 19.1 Å². The van der Waals surface area contributed by atoms with Gasteiger partial charge in [-0.25, -0.2) is 0 Å². The molecule has 0 heterocycles. The zero-order chi connectivity index (χ0) is 13.7. The second-order valence-corrected chi connectivity index (χ2v) is 4.69. The molecular weight excluding hydrogens is 256 g/mol. The number of rotatable bonds is 6. The van der Waals surface area contributed by atoms with E-state index in [0.717, 1.165) is 12.8 Å². The minimum absolute atomic E-state index is 0.0956. The summed E-state index contributed by atoms with van der Waals surface area (Å²) in [5.74, 6) is -0.518. The van der Waals surface area contributed by atoms with Crippen LogP contribution in [0.3, 0.4) is 0 Å². The van der Waals surface area contributed by atoms with E-state index < -0.39 is 11.5 Å². The third kappa shape index (κ3) is 3.12. The van der Waals surface area contributed by atoms with E-state index in [-0.39, 0.29) is 17.3 Å². The molecule has 0 fully saturated rings. The van der Waals surface area contributed by atoms with Gasteiger partial charge in [0.05, 0.1) is 6.61 Å². The maximum atomic E-state index is 12.1. The van der Waals surface area contributed by atoms with Crippen molar-refractivity contribution in [1.82, 2.24) is 0 Å². The minimum Gasteiger partial charge on any atom is -0.489 e. The third-order valence-electron chi connectivity index (χ3n) is 2.66. The Morgan fingerprint density at radius 2 is 1.72 bits per heavy atom. The van der Waals surface area contributed by atoms with Gasteiger partial charge in [0.25, 0.3) is 0 Å². The topological polar surface area (TPSA) is 52.6 Å². The highest BCUT2D eigenvalue weighted by Gasteiger charge is 2.42. The van der Waals surface area contributed by atoms with Crippen LogP contribution in [0.4, 0.5) is 0 Å². The van der Waals surface area contributed by atoms with Crippen LogP contribution < -0.4 is 0 Å². The first-order valence-corrected chi connectivity index (χ1v) is 6.65. The molecule has 0 amide bonds. The maximum Gasteiger partial charge on any atom is 0.218 e. The van der Waals surface area contributed by atoms with Crippen LogP contribution >= 0.6 is 11.6 Å². The van der Waals surface area contributed by atoms with Crippen LogP contribution in [0.15, 0.2) is 11.3 Å². The van der Waals surface area contributed by atoms with Crippen LogP contribution in [0.1, 0.15) is 33.6 Å². The van der Waals surface area contributed by atoms with Crippen molar-refractivity contribution in [3.63, 3.8) is 0 Å². The quantitative estimate of drug-likeness (QED) is 0.697. The summed E-state index contributed by atoms with van der Waals surface area (Å²) in [4.78, 5) is 24.1. The first kappa shape index (κ1) is 15.2. The average Bonchev–Trinajstić information content (AvgIpc) is 2.37. The fraction of sp³-hybridized carbons (Fsp3) is 0.692. The average molecular weight is 275 g/mol. The Labute approximate surface area is 112 Å². The lowest BCUT2D eigenvalue weighted by Gasteiger charge is -2.27. The number of ketones is 2. The predicted molar refractivity (Wildman–Crippen MR) is 68.6 cm³/mol. The lowest BCUT2D eigenvalue weighted by molar-refractivity contribution is -0.135. The normalized spacial score (nSPS) is 24.7. The van der Waals surface area contributed by atoms with E-state index in [1.165, 1.54) is 0 Å². The highest BCUT2D eigenvalue weighted by molar-refractivity contribution is 6.38. The van der Waals surface area contributed by atoms with E-state index >= 15 is 0 Å². The summed E-state index contributed by atoms with van der Waals surface area (Å²) < 4.78 is 10.7. The largest absolute Gasteiger partial charge is 0.489 e. The molecule has 0 aromatic carbocycles. The van der Waals surface area contributed by atoms with E-state index in [1.54, 1.807) is 6.92 Å². The summed E-state index contributed by atoms with van der Waals surface area (Å²) in [6.07, 6.45) is 0.651. The highest BCUT2D eigenvalue weighted by atomic mass is 35.5.